The summed E-state index contributed by atoms with van der Waals surface area (Å²) in [5.41, 5.74) is 0.752. The van der Waals surface area contributed by atoms with Gasteiger partial charge in [-0.05, 0) is 30.3 Å². The van der Waals surface area contributed by atoms with Gasteiger partial charge >= 0.3 is 0 Å². The first-order valence-electron chi connectivity index (χ1n) is 8.09. The fraction of sp³-hybridized carbons (Fsp3) is 0.278. The van der Waals surface area contributed by atoms with Gasteiger partial charge in [-0.15, -0.1) is 0 Å². The summed E-state index contributed by atoms with van der Waals surface area (Å²) >= 11 is 5.90. The summed E-state index contributed by atoms with van der Waals surface area (Å²) in [4.78, 5) is 12.0. The van der Waals surface area contributed by atoms with Gasteiger partial charge in [0.1, 0.15) is 16.4 Å². The highest BCUT2D eigenvalue weighted by Crippen LogP contribution is 2.23. The molecule has 2 aromatic rings. The average Bonchev–Trinajstić information content (AvgIpc) is 2.66. The Morgan fingerprint density at radius 2 is 1.85 bits per heavy atom. The second-order valence-electron chi connectivity index (χ2n) is 5.53. The first-order chi connectivity index (χ1) is 12.9. The first-order valence-corrected chi connectivity index (χ1v) is 9.95. The molecule has 0 unspecified atom stereocenters. The Bertz CT molecular complexity index is 902. The lowest BCUT2D eigenvalue weighted by Crippen LogP contribution is -2.30. The van der Waals surface area contributed by atoms with Crippen molar-refractivity contribution in [1.82, 2.24) is 10.0 Å². The van der Waals surface area contributed by atoms with Crippen LogP contribution in [0.3, 0.4) is 0 Å². The van der Waals surface area contributed by atoms with Gasteiger partial charge in [-0.3, -0.25) is 4.79 Å². The topological polar surface area (TPSA) is 93.7 Å². The second-order valence-corrected chi connectivity index (χ2v) is 7.68. The van der Waals surface area contributed by atoms with Gasteiger partial charge < -0.3 is 14.8 Å². The molecule has 0 radical (unpaired) electrons. The number of nitrogens with one attached hydrogen (secondary N) is 2. The molecular weight excluding hydrogens is 392 g/mol. The zero-order chi connectivity index (χ0) is 19.9. The molecule has 0 fully saturated rings. The van der Waals surface area contributed by atoms with Gasteiger partial charge in [0.2, 0.25) is 15.9 Å². The molecule has 0 aliphatic heterocycles. The van der Waals surface area contributed by atoms with Crippen LogP contribution in [0.4, 0.5) is 0 Å². The molecule has 0 aliphatic carbocycles. The van der Waals surface area contributed by atoms with Crippen LogP contribution in [-0.2, 0) is 21.4 Å². The molecular formula is C18H21ClN2O5S. The van der Waals surface area contributed by atoms with E-state index in [4.69, 9.17) is 21.1 Å². The number of methoxy groups -OCH3 is 2. The molecule has 0 saturated carbocycles. The Morgan fingerprint density at radius 3 is 2.52 bits per heavy atom. The van der Waals surface area contributed by atoms with E-state index in [0.717, 1.165) is 5.56 Å². The van der Waals surface area contributed by atoms with Crippen molar-refractivity contribution in [3.63, 3.8) is 0 Å². The van der Waals surface area contributed by atoms with E-state index >= 15 is 0 Å². The van der Waals surface area contributed by atoms with Gasteiger partial charge in [-0.2, -0.15) is 0 Å². The van der Waals surface area contributed by atoms with Gasteiger partial charge in [0.25, 0.3) is 0 Å². The number of halogens is 1. The molecule has 2 rings (SSSR count). The molecule has 0 atom stereocenters. The Morgan fingerprint density at radius 1 is 1.11 bits per heavy atom. The largest absolute Gasteiger partial charge is 0.497 e. The molecule has 0 heterocycles. The minimum atomic E-state index is -3.77. The van der Waals surface area contributed by atoms with E-state index in [-0.39, 0.29) is 35.3 Å². The summed E-state index contributed by atoms with van der Waals surface area (Å²) in [5.74, 6) is 0.963. The normalized spacial score (nSPS) is 11.1. The lowest BCUT2D eigenvalue weighted by molar-refractivity contribution is -0.121. The van der Waals surface area contributed by atoms with E-state index in [1.807, 2.05) is 0 Å². The smallest absolute Gasteiger partial charge is 0.242 e. The Balaban J connectivity index is 1.88. The van der Waals surface area contributed by atoms with Gasteiger partial charge in [0.05, 0.1) is 19.2 Å². The number of carbonyl (C=O) groups excluding carboxylic acids is 1. The number of ether oxygens (including phenoxy) is 2. The minimum Gasteiger partial charge on any atom is -0.497 e. The van der Waals surface area contributed by atoms with Crippen LogP contribution in [0.15, 0.2) is 47.4 Å². The molecule has 27 heavy (non-hydrogen) atoms. The van der Waals surface area contributed by atoms with Gasteiger partial charge in [-0.1, -0.05) is 23.7 Å². The molecule has 2 N–H and O–H groups in total. The van der Waals surface area contributed by atoms with Gasteiger partial charge in [-0.25, -0.2) is 13.1 Å². The van der Waals surface area contributed by atoms with Crippen molar-refractivity contribution < 1.29 is 22.7 Å². The molecule has 1 amide bonds. The highest BCUT2D eigenvalue weighted by molar-refractivity contribution is 7.89. The molecule has 7 nitrogen and oxygen atoms in total. The number of hydrogen-bond acceptors (Lipinski definition) is 5. The van der Waals surface area contributed by atoms with Crippen molar-refractivity contribution in [3.05, 3.63) is 53.1 Å². The van der Waals surface area contributed by atoms with Crippen LogP contribution in [0.2, 0.25) is 5.02 Å². The Kier molecular flexibility index (Phi) is 7.46. The lowest BCUT2D eigenvalue weighted by Gasteiger charge is -2.12. The molecule has 0 bridgehead atoms. The molecule has 0 aliphatic rings. The monoisotopic (exact) mass is 412 g/mol. The number of carbonyl (C=O) groups is 1. The van der Waals surface area contributed by atoms with Gasteiger partial charge in [0, 0.05) is 25.1 Å². The quantitative estimate of drug-likeness (QED) is 0.659. The van der Waals surface area contributed by atoms with Crippen molar-refractivity contribution in [1.29, 1.82) is 0 Å². The summed E-state index contributed by atoms with van der Waals surface area (Å²) in [7, 11) is -0.683. The molecule has 0 saturated heterocycles. The predicted molar refractivity (Wildman–Crippen MR) is 103 cm³/mol. The minimum absolute atomic E-state index is 0.0179. The van der Waals surface area contributed by atoms with Crippen molar-refractivity contribution in [2.24, 2.45) is 0 Å². The third-order valence-electron chi connectivity index (χ3n) is 3.73. The van der Waals surface area contributed by atoms with Crippen molar-refractivity contribution in [2.45, 2.75) is 17.9 Å². The van der Waals surface area contributed by atoms with Crippen molar-refractivity contribution in [2.75, 3.05) is 20.8 Å². The zero-order valence-electron chi connectivity index (χ0n) is 15.0. The van der Waals surface area contributed by atoms with Gasteiger partial charge in [0.15, 0.2) is 0 Å². The number of sulfonamides is 1. The van der Waals surface area contributed by atoms with Crippen LogP contribution >= 0.6 is 11.6 Å². The number of hydrogen-bond donors (Lipinski definition) is 2. The zero-order valence-corrected chi connectivity index (χ0v) is 16.6. The first kappa shape index (κ1) is 21.0. The summed E-state index contributed by atoms with van der Waals surface area (Å²) < 4.78 is 37.2. The highest BCUT2D eigenvalue weighted by atomic mass is 35.5. The summed E-state index contributed by atoms with van der Waals surface area (Å²) in [6, 6.07) is 11.4. The number of amides is 1. The standard InChI is InChI=1S/C18H21ClN2O5S/c1-25-14-7-8-16(26-2)13(11-14)12-20-18(22)9-10-21-27(23,24)17-6-4-3-5-15(17)19/h3-8,11,21H,9-10,12H2,1-2H3,(H,20,22). The van der Waals surface area contributed by atoms with Crippen molar-refractivity contribution >= 4 is 27.5 Å². The molecule has 2 aromatic carbocycles. The SMILES string of the molecule is COc1ccc(OC)c(CNC(=O)CCNS(=O)(=O)c2ccccc2Cl)c1. The maximum absolute atomic E-state index is 12.2. The molecule has 146 valence electrons. The Hall–Kier alpha value is -2.29. The third-order valence-corrected chi connectivity index (χ3v) is 5.69. The van der Waals surface area contributed by atoms with E-state index in [1.165, 1.54) is 19.2 Å². The van der Waals surface area contributed by atoms with Crippen LogP contribution < -0.4 is 19.5 Å². The predicted octanol–water partition coefficient (Wildman–Crippen LogP) is 2.34. The van der Waals surface area contributed by atoms with Crippen LogP contribution in [0.1, 0.15) is 12.0 Å². The summed E-state index contributed by atoms with van der Waals surface area (Å²) in [6.45, 7) is 0.186. The Labute approximate surface area is 163 Å². The van der Waals surface area contributed by atoms with E-state index < -0.39 is 10.0 Å². The molecule has 9 heteroatoms. The van der Waals surface area contributed by atoms with E-state index in [2.05, 4.69) is 10.0 Å². The van der Waals surface area contributed by atoms with Crippen LogP contribution in [0.25, 0.3) is 0 Å². The van der Waals surface area contributed by atoms with Crippen molar-refractivity contribution in [3.8, 4) is 11.5 Å². The molecule has 0 spiro atoms. The lowest BCUT2D eigenvalue weighted by atomic mass is 10.2. The summed E-state index contributed by atoms with van der Waals surface area (Å²) in [5, 5.41) is 2.85. The number of rotatable bonds is 9. The van der Waals surface area contributed by atoms with Crippen LogP contribution in [0, 0.1) is 0 Å². The fourth-order valence-electron chi connectivity index (χ4n) is 2.34. The maximum Gasteiger partial charge on any atom is 0.242 e. The van der Waals surface area contributed by atoms with E-state index in [9.17, 15) is 13.2 Å². The highest BCUT2D eigenvalue weighted by Gasteiger charge is 2.17. The second kappa shape index (κ2) is 9.59. The number of benzene rings is 2. The average molecular weight is 413 g/mol. The van der Waals surface area contributed by atoms with E-state index in [1.54, 1.807) is 37.4 Å². The molecule has 0 aromatic heterocycles. The fourth-order valence-corrected chi connectivity index (χ4v) is 3.89. The maximum atomic E-state index is 12.2. The summed E-state index contributed by atoms with van der Waals surface area (Å²) in [6.07, 6.45) is -0.0179. The third kappa shape index (κ3) is 5.85. The van der Waals surface area contributed by atoms with Crippen LogP contribution in [0.5, 0.6) is 11.5 Å². The van der Waals surface area contributed by atoms with Crippen LogP contribution in [-0.4, -0.2) is 35.1 Å². The van der Waals surface area contributed by atoms with E-state index in [0.29, 0.717) is 11.5 Å².